The minimum absolute atomic E-state index is 0.576. The molecule has 2 rings (SSSR count). The van der Waals surface area contributed by atoms with Crippen molar-refractivity contribution >= 4 is 35.0 Å². The molecule has 0 aliphatic carbocycles. The number of anilines is 2. The Kier molecular flexibility index (Phi) is 6.71. The van der Waals surface area contributed by atoms with Crippen LogP contribution in [-0.2, 0) is 11.2 Å². The van der Waals surface area contributed by atoms with E-state index in [9.17, 15) is 0 Å². The van der Waals surface area contributed by atoms with Crippen LogP contribution in [0.3, 0.4) is 0 Å². The number of hydrogen-bond donors (Lipinski definition) is 2. The Labute approximate surface area is 140 Å². The summed E-state index contributed by atoms with van der Waals surface area (Å²) >= 11 is 12.0. The summed E-state index contributed by atoms with van der Waals surface area (Å²) in [5, 5.41) is 7.65. The highest BCUT2D eigenvalue weighted by Gasteiger charge is 2.03. The lowest BCUT2D eigenvalue weighted by atomic mass is 10.1. The molecule has 0 aliphatic heterocycles. The summed E-state index contributed by atoms with van der Waals surface area (Å²) < 4.78 is 4.98. The third-order valence-electron chi connectivity index (χ3n) is 2.96. The molecular formula is C15H18Cl2N4O. The van der Waals surface area contributed by atoms with E-state index in [2.05, 4.69) is 20.6 Å². The monoisotopic (exact) mass is 340 g/mol. The van der Waals surface area contributed by atoms with Gasteiger partial charge in [-0.2, -0.15) is 4.98 Å². The van der Waals surface area contributed by atoms with Crippen LogP contribution >= 0.6 is 23.2 Å². The molecule has 0 atom stereocenters. The van der Waals surface area contributed by atoms with E-state index >= 15 is 0 Å². The molecular weight excluding hydrogens is 323 g/mol. The van der Waals surface area contributed by atoms with Crippen molar-refractivity contribution in [2.75, 3.05) is 37.4 Å². The van der Waals surface area contributed by atoms with E-state index in [-0.39, 0.29) is 0 Å². The first kappa shape index (κ1) is 16.8. The van der Waals surface area contributed by atoms with Gasteiger partial charge in [0.2, 0.25) is 5.95 Å². The number of methoxy groups -OCH3 is 1. The molecule has 0 amide bonds. The van der Waals surface area contributed by atoms with Gasteiger partial charge in [0.15, 0.2) is 0 Å². The molecule has 1 heterocycles. The Balaban J connectivity index is 1.84. The molecule has 118 valence electrons. The first-order valence-corrected chi connectivity index (χ1v) is 7.68. The number of nitrogens with one attached hydrogen (secondary N) is 2. The molecule has 0 spiro atoms. The second-order valence-corrected chi connectivity index (χ2v) is 5.44. The molecule has 0 fully saturated rings. The van der Waals surface area contributed by atoms with E-state index in [1.165, 1.54) is 0 Å². The highest BCUT2D eigenvalue weighted by atomic mass is 35.5. The molecule has 1 aromatic heterocycles. The number of hydrogen-bond acceptors (Lipinski definition) is 5. The van der Waals surface area contributed by atoms with Crippen molar-refractivity contribution in [2.24, 2.45) is 0 Å². The number of nitrogens with zero attached hydrogens (tertiary/aromatic N) is 2. The van der Waals surface area contributed by atoms with Gasteiger partial charge in [0, 0.05) is 36.4 Å². The van der Waals surface area contributed by atoms with Crippen LogP contribution in [0.1, 0.15) is 5.56 Å². The summed E-state index contributed by atoms with van der Waals surface area (Å²) in [6, 6.07) is 7.32. The SMILES string of the molecule is COCCNc1ccnc(NCCc2ccc(Cl)cc2Cl)n1. The first-order valence-electron chi connectivity index (χ1n) is 6.92. The Morgan fingerprint density at radius 3 is 2.77 bits per heavy atom. The number of aromatic nitrogens is 2. The van der Waals surface area contributed by atoms with Gasteiger partial charge in [-0.15, -0.1) is 0 Å². The standard InChI is InChI=1S/C15H18Cl2N4O/c1-22-9-8-18-14-5-7-20-15(21-14)19-6-4-11-2-3-12(16)10-13(11)17/h2-3,5,7,10H,4,6,8-9H2,1H3,(H2,18,19,20,21). The topological polar surface area (TPSA) is 59.1 Å². The lowest BCUT2D eigenvalue weighted by molar-refractivity contribution is 0.210. The molecule has 2 N–H and O–H groups in total. The van der Waals surface area contributed by atoms with Crippen LogP contribution in [0.2, 0.25) is 10.0 Å². The molecule has 7 heteroatoms. The summed E-state index contributed by atoms with van der Waals surface area (Å²) in [5.74, 6) is 1.34. The second kappa shape index (κ2) is 8.78. The molecule has 2 aromatic rings. The van der Waals surface area contributed by atoms with E-state index in [4.69, 9.17) is 27.9 Å². The van der Waals surface area contributed by atoms with Gasteiger partial charge in [0.25, 0.3) is 0 Å². The first-order chi connectivity index (χ1) is 10.7. The minimum Gasteiger partial charge on any atom is -0.383 e. The predicted octanol–water partition coefficient (Wildman–Crippen LogP) is 3.50. The van der Waals surface area contributed by atoms with Crippen molar-refractivity contribution in [3.05, 3.63) is 46.1 Å². The predicted molar refractivity (Wildman–Crippen MR) is 91.1 cm³/mol. The van der Waals surface area contributed by atoms with Crippen LogP contribution in [-0.4, -0.2) is 36.8 Å². The highest BCUT2D eigenvalue weighted by Crippen LogP contribution is 2.21. The fraction of sp³-hybridized carbons (Fsp3) is 0.333. The van der Waals surface area contributed by atoms with Crippen molar-refractivity contribution in [1.82, 2.24) is 9.97 Å². The Bertz CT molecular complexity index is 610. The molecule has 0 saturated carbocycles. The zero-order valence-corrected chi connectivity index (χ0v) is 13.8. The highest BCUT2D eigenvalue weighted by molar-refractivity contribution is 6.35. The lowest BCUT2D eigenvalue weighted by Crippen LogP contribution is -2.12. The van der Waals surface area contributed by atoms with E-state index in [1.54, 1.807) is 19.4 Å². The maximum absolute atomic E-state index is 6.14. The van der Waals surface area contributed by atoms with Crippen LogP contribution in [0.25, 0.3) is 0 Å². The van der Waals surface area contributed by atoms with E-state index < -0.39 is 0 Å². The fourth-order valence-electron chi connectivity index (χ4n) is 1.86. The molecule has 0 saturated heterocycles. The number of benzene rings is 1. The van der Waals surface area contributed by atoms with Crippen LogP contribution in [0.5, 0.6) is 0 Å². The van der Waals surface area contributed by atoms with Gasteiger partial charge in [-0.3, -0.25) is 0 Å². The van der Waals surface area contributed by atoms with Crippen LogP contribution in [0, 0.1) is 0 Å². The quantitative estimate of drug-likeness (QED) is 0.720. The van der Waals surface area contributed by atoms with E-state index in [0.29, 0.717) is 35.7 Å². The zero-order chi connectivity index (χ0) is 15.8. The van der Waals surface area contributed by atoms with E-state index in [0.717, 1.165) is 17.8 Å². The van der Waals surface area contributed by atoms with Gasteiger partial charge >= 0.3 is 0 Å². The summed E-state index contributed by atoms with van der Waals surface area (Å²) in [4.78, 5) is 8.56. The van der Waals surface area contributed by atoms with Crippen LogP contribution < -0.4 is 10.6 Å². The van der Waals surface area contributed by atoms with Gasteiger partial charge in [-0.25, -0.2) is 4.98 Å². The maximum Gasteiger partial charge on any atom is 0.224 e. The normalized spacial score (nSPS) is 10.5. The van der Waals surface area contributed by atoms with Gasteiger partial charge in [0.1, 0.15) is 5.82 Å². The van der Waals surface area contributed by atoms with Crippen molar-refractivity contribution in [1.29, 1.82) is 0 Å². The van der Waals surface area contributed by atoms with Crippen molar-refractivity contribution in [3.8, 4) is 0 Å². The Morgan fingerprint density at radius 2 is 2.00 bits per heavy atom. The Hall–Kier alpha value is -1.56. The third-order valence-corrected chi connectivity index (χ3v) is 3.55. The second-order valence-electron chi connectivity index (χ2n) is 4.60. The summed E-state index contributed by atoms with van der Waals surface area (Å²) in [7, 11) is 1.66. The third kappa shape index (κ3) is 5.33. The molecule has 0 aliphatic rings. The Morgan fingerprint density at radius 1 is 1.14 bits per heavy atom. The largest absolute Gasteiger partial charge is 0.383 e. The summed E-state index contributed by atoms with van der Waals surface area (Å²) in [6.07, 6.45) is 2.47. The number of halogens is 2. The number of ether oxygens (including phenoxy) is 1. The number of rotatable bonds is 8. The molecule has 5 nitrogen and oxygen atoms in total. The summed E-state index contributed by atoms with van der Waals surface area (Å²) in [6.45, 7) is 2.01. The smallest absolute Gasteiger partial charge is 0.224 e. The lowest BCUT2D eigenvalue weighted by Gasteiger charge is -2.09. The van der Waals surface area contributed by atoms with Gasteiger partial charge in [-0.1, -0.05) is 29.3 Å². The van der Waals surface area contributed by atoms with Gasteiger partial charge < -0.3 is 15.4 Å². The molecule has 1 aromatic carbocycles. The average molecular weight is 341 g/mol. The fourth-order valence-corrected chi connectivity index (χ4v) is 2.36. The van der Waals surface area contributed by atoms with Crippen molar-refractivity contribution in [3.63, 3.8) is 0 Å². The van der Waals surface area contributed by atoms with Gasteiger partial charge in [-0.05, 0) is 30.2 Å². The maximum atomic E-state index is 6.14. The van der Waals surface area contributed by atoms with Crippen molar-refractivity contribution in [2.45, 2.75) is 6.42 Å². The summed E-state index contributed by atoms with van der Waals surface area (Å²) in [5.41, 5.74) is 1.04. The zero-order valence-electron chi connectivity index (χ0n) is 12.3. The molecule has 22 heavy (non-hydrogen) atoms. The van der Waals surface area contributed by atoms with E-state index in [1.807, 2.05) is 18.2 Å². The average Bonchev–Trinajstić information content (AvgIpc) is 2.50. The van der Waals surface area contributed by atoms with Crippen molar-refractivity contribution < 1.29 is 4.74 Å². The molecule has 0 bridgehead atoms. The van der Waals surface area contributed by atoms with Crippen LogP contribution in [0.4, 0.5) is 11.8 Å². The molecule has 0 radical (unpaired) electrons. The van der Waals surface area contributed by atoms with Crippen LogP contribution in [0.15, 0.2) is 30.5 Å². The molecule has 0 unspecified atom stereocenters. The minimum atomic E-state index is 0.576. The van der Waals surface area contributed by atoms with Gasteiger partial charge in [0.05, 0.1) is 6.61 Å².